The maximum absolute atomic E-state index is 11.9. The molecule has 0 N–H and O–H groups in total. The van der Waals surface area contributed by atoms with Gasteiger partial charge >= 0.3 is 6.18 Å². The van der Waals surface area contributed by atoms with Crippen LogP contribution in [-0.4, -0.2) is 17.7 Å². The average molecular weight is 348 g/mol. The Hall–Kier alpha value is -1.65. The zero-order valence-electron chi connectivity index (χ0n) is 15.7. The lowest BCUT2D eigenvalue weighted by Crippen LogP contribution is -2.25. The summed E-state index contributed by atoms with van der Waals surface area (Å²) in [5, 5.41) is 0. The van der Waals surface area contributed by atoms with Gasteiger partial charge in [-0.25, -0.2) is 0 Å². The SMILES string of the molecule is CC.CC.CC.O=C(CCC1=CC=CCC=C1)CC(=O)C(F)(F)F. The van der Waals surface area contributed by atoms with E-state index in [1.165, 1.54) is 0 Å². The number of allylic oxidation sites excluding steroid dienone is 6. The molecule has 0 aromatic rings. The molecule has 0 heterocycles. The van der Waals surface area contributed by atoms with Crippen molar-refractivity contribution in [1.82, 2.24) is 0 Å². The summed E-state index contributed by atoms with van der Waals surface area (Å²) in [5.41, 5.74) is 0.872. The van der Waals surface area contributed by atoms with Crippen LogP contribution in [-0.2, 0) is 9.59 Å². The van der Waals surface area contributed by atoms with E-state index in [9.17, 15) is 22.8 Å². The topological polar surface area (TPSA) is 34.1 Å². The van der Waals surface area contributed by atoms with E-state index >= 15 is 0 Å². The predicted octanol–water partition coefficient (Wildman–Crippen LogP) is 6.38. The molecule has 1 aliphatic rings. The van der Waals surface area contributed by atoms with Gasteiger partial charge in [0.1, 0.15) is 5.78 Å². The minimum absolute atomic E-state index is 0.0498. The molecule has 0 spiro atoms. The number of hydrogen-bond acceptors (Lipinski definition) is 2. The Balaban J connectivity index is -0.000000659. The summed E-state index contributed by atoms with van der Waals surface area (Å²) in [5.74, 6) is -2.65. The molecule has 0 radical (unpaired) electrons. The summed E-state index contributed by atoms with van der Waals surface area (Å²) in [6, 6.07) is 0. The zero-order valence-corrected chi connectivity index (χ0v) is 15.7. The highest BCUT2D eigenvalue weighted by atomic mass is 19.4. The van der Waals surface area contributed by atoms with Crippen LogP contribution in [0.4, 0.5) is 13.2 Å². The number of ketones is 2. The number of halogens is 3. The molecular weight excluding hydrogens is 317 g/mol. The molecule has 0 atom stereocenters. The summed E-state index contributed by atoms with van der Waals surface area (Å²) < 4.78 is 35.8. The summed E-state index contributed by atoms with van der Waals surface area (Å²) in [6.45, 7) is 12.0. The van der Waals surface area contributed by atoms with E-state index in [4.69, 9.17) is 0 Å². The van der Waals surface area contributed by atoms with Crippen LogP contribution in [0.3, 0.4) is 0 Å². The highest BCUT2D eigenvalue weighted by molar-refractivity contribution is 6.01. The summed E-state index contributed by atoms with van der Waals surface area (Å²) in [4.78, 5) is 21.8. The van der Waals surface area contributed by atoms with Crippen LogP contribution < -0.4 is 0 Å². The van der Waals surface area contributed by atoms with Crippen LogP contribution in [0.15, 0.2) is 36.0 Å². The van der Waals surface area contributed by atoms with Gasteiger partial charge in [0.2, 0.25) is 5.78 Å². The minimum Gasteiger partial charge on any atom is -0.299 e. The molecule has 5 heteroatoms. The van der Waals surface area contributed by atoms with Crippen molar-refractivity contribution >= 4 is 11.6 Å². The second-order valence-electron chi connectivity index (χ2n) is 3.94. The molecule has 0 unspecified atom stereocenters. The third kappa shape index (κ3) is 15.3. The highest BCUT2D eigenvalue weighted by Crippen LogP contribution is 2.19. The van der Waals surface area contributed by atoms with E-state index in [0.717, 1.165) is 12.0 Å². The van der Waals surface area contributed by atoms with E-state index in [1.54, 1.807) is 0 Å². The average Bonchev–Trinajstić information content (AvgIpc) is 2.86. The van der Waals surface area contributed by atoms with Crippen LogP contribution in [0.25, 0.3) is 0 Å². The Bertz CT molecular complexity index is 417. The lowest BCUT2D eigenvalue weighted by atomic mass is 10.0. The fraction of sp³-hybridized carbons (Fsp3) is 0.579. The fourth-order valence-corrected chi connectivity index (χ4v) is 1.44. The molecule has 0 amide bonds. The largest absolute Gasteiger partial charge is 0.450 e. The van der Waals surface area contributed by atoms with Gasteiger partial charge in [-0.3, -0.25) is 9.59 Å². The Kier molecular flexibility index (Phi) is 20.1. The van der Waals surface area contributed by atoms with Gasteiger partial charge in [0.25, 0.3) is 0 Å². The van der Waals surface area contributed by atoms with Crippen LogP contribution in [0.5, 0.6) is 0 Å². The van der Waals surface area contributed by atoms with Crippen molar-refractivity contribution < 1.29 is 22.8 Å². The normalized spacial score (nSPS) is 12.1. The van der Waals surface area contributed by atoms with Gasteiger partial charge in [0, 0.05) is 6.42 Å². The Morgan fingerprint density at radius 3 is 2.04 bits per heavy atom. The number of rotatable bonds is 5. The smallest absolute Gasteiger partial charge is 0.299 e. The van der Waals surface area contributed by atoms with Crippen molar-refractivity contribution in [1.29, 1.82) is 0 Å². The molecule has 1 aliphatic carbocycles. The van der Waals surface area contributed by atoms with Gasteiger partial charge in [-0.1, -0.05) is 71.9 Å². The molecule has 0 saturated carbocycles. The molecule has 2 nitrogen and oxygen atoms in total. The second-order valence-corrected chi connectivity index (χ2v) is 3.94. The molecule has 140 valence electrons. The van der Waals surface area contributed by atoms with Gasteiger partial charge in [0.15, 0.2) is 0 Å². The summed E-state index contributed by atoms with van der Waals surface area (Å²) >= 11 is 0. The van der Waals surface area contributed by atoms with E-state index in [1.807, 2.05) is 71.9 Å². The van der Waals surface area contributed by atoms with E-state index in [-0.39, 0.29) is 6.42 Å². The maximum atomic E-state index is 11.9. The molecule has 1 rings (SSSR count). The molecule has 0 saturated heterocycles. The molecule has 0 bridgehead atoms. The van der Waals surface area contributed by atoms with Crippen molar-refractivity contribution in [2.75, 3.05) is 0 Å². The van der Waals surface area contributed by atoms with Crippen molar-refractivity contribution in [3.63, 3.8) is 0 Å². The molecule has 0 fully saturated rings. The second kappa shape index (κ2) is 17.7. The first-order chi connectivity index (χ1) is 11.4. The van der Waals surface area contributed by atoms with E-state index < -0.39 is 24.2 Å². The van der Waals surface area contributed by atoms with Gasteiger partial charge in [-0.2, -0.15) is 13.2 Å². The van der Waals surface area contributed by atoms with Gasteiger partial charge < -0.3 is 0 Å². The number of carbonyl (C=O) groups excluding carboxylic acids is 2. The van der Waals surface area contributed by atoms with Gasteiger partial charge in [0.05, 0.1) is 6.42 Å². The van der Waals surface area contributed by atoms with Crippen molar-refractivity contribution in [2.45, 2.75) is 73.4 Å². The fourth-order valence-electron chi connectivity index (χ4n) is 1.44. The predicted molar refractivity (Wildman–Crippen MR) is 94.9 cm³/mol. The van der Waals surface area contributed by atoms with Crippen molar-refractivity contribution in [2.24, 2.45) is 0 Å². The molecule has 24 heavy (non-hydrogen) atoms. The minimum atomic E-state index is -4.92. The van der Waals surface area contributed by atoms with E-state index in [2.05, 4.69) is 0 Å². The van der Waals surface area contributed by atoms with Crippen molar-refractivity contribution in [3.8, 4) is 0 Å². The number of alkyl halides is 3. The lowest BCUT2D eigenvalue weighted by Gasteiger charge is -2.04. The Morgan fingerprint density at radius 1 is 1.00 bits per heavy atom. The Labute approximate surface area is 144 Å². The molecule has 0 aromatic carbocycles. The zero-order chi connectivity index (χ0) is 19.6. The highest BCUT2D eigenvalue weighted by Gasteiger charge is 2.38. The third-order valence-electron chi connectivity index (χ3n) is 2.42. The lowest BCUT2D eigenvalue weighted by molar-refractivity contribution is -0.171. The first-order valence-electron chi connectivity index (χ1n) is 8.53. The monoisotopic (exact) mass is 348 g/mol. The third-order valence-corrected chi connectivity index (χ3v) is 2.42. The van der Waals surface area contributed by atoms with Gasteiger partial charge in [-0.05, 0) is 18.4 Å². The van der Waals surface area contributed by atoms with Crippen molar-refractivity contribution in [3.05, 3.63) is 36.0 Å². The molecule has 0 aliphatic heterocycles. The number of Topliss-reactive ketones (excluding diaryl/α,β-unsaturated/α-hetero) is 2. The van der Waals surface area contributed by atoms with Crippen LogP contribution in [0, 0.1) is 0 Å². The summed E-state index contributed by atoms with van der Waals surface area (Å²) in [7, 11) is 0. The molecular formula is C19H31F3O2. The van der Waals surface area contributed by atoms with Gasteiger partial charge in [-0.15, -0.1) is 0 Å². The summed E-state index contributed by atoms with van der Waals surface area (Å²) in [6.07, 6.45) is 4.43. The number of carbonyl (C=O) groups is 2. The molecule has 0 aromatic heterocycles. The maximum Gasteiger partial charge on any atom is 0.450 e. The quantitative estimate of drug-likeness (QED) is 0.540. The van der Waals surface area contributed by atoms with Crippen LogP contribution >= 0.6 is 0 Å². The first-order valence-corrected chi connectivity index (χ1v) is 8.53. The van der Waals surface area contributed by atoms with Crippen LogP contribution in [0.1, 0.15) is 67.2 Å². The number of hydrogen-bond donors (Lipinski definition) is 0. The van der Waals surface area contributed by atoms with Crippen LogP contribution in [0.2, 0.25) is 0 Å². The first kappa shape index (κ1) is 27.2. The van der Waals surface area contributed by atoms with E-state index in [0.29, 0.717) is 6.42 Å². The Morgan fingerprint density at radius 2 is 1.54 bits per heavy atom. The standard InChI is InChI=1S/C13H13F3O2.3C2H6/c14-13(15,16)12(18)9-11(17)8-7-10-5-3-1-2-4-6-10;3*1-2/h1,3-6H,2,7-9H2;3*1-2H3.